The minimum absolute atomic E-state index is 0.00811. The Hall–Kier alpha value is -3.65. The van der Waals surface area contributed by atoms with E-state index in [4.69, 9.17) is 9.47 Å². The number of hydrogen-bond acceptors (Lipinski definition) is 6. The first-order valence-electron chi connectivity index (χ1n) is 11.9. The van der Waals surface area contributed by atoms with Crippen molar-refractivity contribution in [1.82, 2.24) is 4.90 Å². The first kappa shape index (κ1) is 23.1. The number of aliphatic hydroxyl groups is 1. The molecule has 0 bridgehead atoms. The number of nitrogens with zero attached hydrogens (tertiary/aromatic N) is 2. The van der Waals surface area contributed by atoms with Gasteiger partial charge in [0.2, 0.25) is 0 Å². The van der Waals surface area contributed by atoms with E-state index in [-0.39, 0.29) is 24.0 Å². The smallest absolute Gasteiger partial charge is 0.296 e. The lowest BCUT2D eigenvalue weighted by Gasteiger charge is -2.34. The Labute approximate surface area is 203 Å². The van der Waals surface area contributed by atoms with Gasteiger partial charge in [0.05, 0.1) is 11.3 Å². The van der Waals surface area contributed by atoms with Crippen LogP contribution in [0.1, 0.15) is 37.0 Å². The van der Waals surface area contributed by atoms with Crippen LogP contribution in [0.5, 0.6) is 5.75 Å². The van der Waals surface area contributed by atoms with E-state index >= 15 is 0 Å². The number of carbonyl (C=O) groups is 3. The number of aliphatic hydroxyl groups excluding tert-OH is 1. The third kappa shape index (κ3) is 3.20. The highest BCUT2D eigenvalue weighted by molar-refractivity contribution is 6.50. The van der Waals surface area contributed by atoms with E-state index in [2.05, 4.69) is 0 Å². The molecule has 8 nitrogen and oxygen atoms in total. The van der Waals surface area contributed by atoms with Crippen molar-refractivity contribution in [3.8, 4) is 5.75 Å². The molecule has 5 rings (SSSR count). The molecule has 1 saturated heterocycles. The van der Waals surface area contributed by atoms with Crippen LogP contribution in [0.4, 0.5) is 5.69 Å². The second kappa shape index (κ2) is 8.53. The van der Waals surface area contributed by atoms with Gasteiger partial charge in [-0.2, -0.15) is 0 Å². The molecular weight excluding hydrogens is 448 g/mol. The number of ketones is 1. The molecule has 1 N–H and O–H groups in total. The van der Waals surface area contributed by atoms with Crippen molar-refractivity contribution in [1.29, 1.82) is 0 Å². The van der Waals surface area contributed by atoms with Crippen LogP contribution in [0.2, 0.25) is 0 Å². The highest BCUT2D eigenvalue weighted by Gasteiger charge is 2.66. The van der Waals surface area contributed by atoms with Crippen LogP contribution in [-0.4, -0.2) is 60.5 Å². The number of fused-ring (bicyclic) bond motifs is 3. The lowest BCUT2D eigenvalue weighted by atomic mass is 9.81. The minimum Gasteiger partial charge on any atom is -0.507 e. The molecule has 0 aromatic heterocycles. The number of benzene rings is 2. The summed E-state index contributed by atoms with van der Waals surface area (Å²) in [6.45, 7) is 4.63. The number of anilines is 1. The molecule has 3 aliphatic heterocycles. The molecule has 3 aliphatic rings. The van der Waals surface area contributed by atoms with Gasteiger partial charge in [-0.15, -0.1) is 0 Å². The van der Waals surface area contributed by atoms with Gasteiger partial charge in [-0.05, 0) is 50.1 Å². The number of amides is 2. The molecule has 35 heavy (non-hydrogen) atoms. The van der Waals surface area contributed by atoms with Gasteiger partial charge in [0.1, 0.15) is 17.6 Å². The van der Waals surface area contributed by atoms with E-state index in [0.29, 0.717) is 42.8 Å². The fourth-order valence-corrected chi connectivity index (χ4v) is 5.56. The van der Waals surface area contributed by atoms with E-state index in [1.807, 2.05) is 19.9 Å². The van der Waals surface area contributed by atoms with Crippen molar-refractivity contribution in [2.45, 2.75) is 38.3 Å². The Morgan fingerprint density at radius 1 is 1.20 bits per heavy atom. The van der Waals surface area contributed by atoms with Crippen molar-refractivity contribution >= 4 is 29.0 Å². The summed E-state index contributed by atoms with van der Waals surface area (Å²) in [6.07, 6.45) is 1.10. The first-order chi connectivity index (χ1) is 16.9. The topological polar surface area (TPSA) is 96.4 Å². The van der Waals surface area contributed by atoms with Gasteiger partial charge < -0.3 is 24.4 Å². The maximum absolute atomic E-state index is 14.1. The van der Waals surface area contributed by atoms with Gasteiger partial charge in [0.25, 0.3) is 17.6 Å². The zero-order chi connectivity index (χ0) is 24.9. The number of hydrogen-bond donors (Lipinski definition) is 1. The molecule has 0 saturated carbocycles. The molecule has 8 heteroatoms. The van der Waals surface area contributed by atoms with Gasteiger partial charge >= 0.3 is 0 Å². The number of rotatable bonds is 6. The quantitative estimate of drug-likeness (QED) is 0.298. The van der Waals surface area contributed by atoms with Crippen LogP contribution < -0.4 is 9.64 Å². The van der Waals surface area contributed by atoms with Crippen molar-refractivity contribution in [3.63, 3.8) is 0 Å². The summed E-state index contributed by atoms with van der Waals surface area (Å²) in [5.41, 5.74) is 0.486. The predicted molar refractivity (Wildman–Crippen MR) is 129 cm³/mol. The number of likely N-dealkylation sites (N-methyl/N-ethyl adjacent to an activating group) is 1. The monoisotopic (exact) mass is 476 g/mol. The Balaban J connectivity index is 1.76. The van der Waals surface area contributed by atoms with Gasteiger partial charge in [0, 0.05) is 44.4 Å². The Bertz CT molecular complexity index is 1270. The number of methoxy groups -OCH3 is 1. The van der Waals surface area contributed by atoms with Crippen LogP contribution in [0.3, 0.4) is 0 Å². The summed E-state index contributed by atoms with van der Waals surface area (Å²) in [7, 11) is 1.55. The maximum Gasteiger partial charge on any atom is 0.296 e. The van der Waals surface area contributed by atoms with Crippen molar-refractivity contribution in [2.75, 3.05) is 31.7 Å². The summed E-state index contributed by atoms with van der Waals surface area (Å²) < 4.78 is 10.9. The Morgan fingerprint density at radius 3 is 2.71 bits per heavy atom. The molecule has 0 aliphatic carbocycles. The van der Waals surface area contributed by atoms with Crippen molar-refractivity contribution in [2.24, 2.45) is 0 Å². The minimum atomic E-state index is -1.73. The van der Waals surface area contributed by atoms with E-state index in [1.165, 1.54) is 4.90 Å². The molecule has 182 valence electrons. The lowest BCUT2D eigenvalue weighted by molar-refractivity contribution is -0.143. The average molecular weight is 477 g/mol. The normalized spacial score (nSPS) is 24.3. The highest BCUT2D eigenvalue weighted by atomic mass is 16.5. The molecule has 3 heterocycles. The van der Waals surface area contributed by atoms with E-state index < -0.39 is 23.1 Å². The summed E-state index contributed by atoms with van der Waals surface area (Å²) >= 11 is 0. The standard InChI is InChI=1S/C27H28N2O6/c1-4-28-20-9-6-5-8-19(20)27(26(28)33)22(24(31)25(32)29(27)12-7-13-34-3)23(30)17-10-11-21-18(15-17)14-16(2)35-21/h5-6,8-11,15-16,30H,4,7,12-14H2,1-3H3/b23-22-. The van der Waals surface area contributed by atoms with E-state index in [9.17, 15) is 19.5 Å². The first-order valence-corrected chi connectivity index (χ1v) is 11.9. The summed E-state index contributed by atoms with van der Waals surface area (Å²) in [5.74, 6) is -1.73. The third-order valence-electron chi connectivity index (χ3n) is 7.03. The van der Waals surface area contributed by atoms with Crippen molar-refractivity contribution in [3.05, 3.63) is 64.7 Å². The second-order valence-electron chi connectivity index (χ2n) is 9.09. The molecule has 1 spiro atoms. The molecule has 1 fully saturated rings. The van der Waals surface area contributed by atoms with Gasteiger partial charge in [0.15, 0.2) is 5.54 Å². The van der Waals surface area contributed by atoms with Crippen molar-refractivity contribution < 1.29 is 29.0 Å². The van der Waals surface area contributed by atoms with Crippen LogP contribution in [0, 0.1) is 0 Å². The van der Waals surface area contributed by atoms with Crippen LogP contribution >= 0.6 is 0 Å². The molecule has 2 atom stereocenters. The molecule has 2 unspecified atom stereocenters. The molecule has 2 aromatic rings. The summed E-state index contributed by atoms with van der Waals surface area (Å²) in [4.78, 5) is 43.9. The zero-order valence-electron chi connectivity index (χ0n) is 20.0. The lowest BCUT2D eigenvalue weighted by Crippen LogP contribution is -2.52. The van der Waals surface area contributed by atoms with Gasteiger partial charge in [-0.3, -0.25) is 14.4 Å². The fraction of sp³-hybridized carbons (Fsp3) is 0.370. The number of para-hydroxylation sites is 1. The van der Waals surface area contributed by atoms with Crippen LogP contribution in [0.25, 0.3) is 5.76 Å². The summed E-state index contributed by atoms with van der Waals surface area (Å²) in [5, 5.41) is 11.6. The maximum atomic E-state index is 14.1. The average Bonchev–Trinajstić information content (AvgIpc) is 3.42. The van der Waals surface area contributed by atoms with Gasteiger partial charge in [-0.25, -0.2) is 0 Å². The Morgan fingerprint density at radius 2 is 1.97 bits per heavy atom. The third-order valence-corrected chi connectivity index (χ3v) is 7.03. The highest BCUT2D eigenvalue weighted by Crippen LogP contribution is 2.53. The zero-order valence-corrected chi connectivity index (χ0v) is 20.0. The SMILES string of the molecule is CCN1C(=O)C2(/C(=C(\O)c3ccc4c(c3)CC(C)O4)C(=O)C(=O)N2CCCOC)c2ccccc21. The van der Waals surface area contributed by atoms with E-state index in [0.717, 1.165) is 11.3 Å². The molecule has 2 aromatic carbocycles. The summed E-state index contributed by atoms with van der Waals surface area (Å²) in [6, 6.07) is 12.3. The van der Waals surface area contributed by atoms with E-state index in [1.54, 1.807) is 48.4 Å². The van der Waals surface area contributed by atoms with Crippen LogP contribution in [0.15, 0.2) is 48.0 Å². The predicted octanol–water partition coefficient (Wildman–Crippen LogP) is 2.99. The number of Topliss-reactive ketones (excluding diaryl/α,β-unsaturated/α-hetero) is 1. The molecular formula is C27H28N2O6. The molecule has 0 radical (unpaired) electrons. The number of carbonyl (C=O) groups excluding carboxylic acids is 3. The number of likely N-dealkylation sites (tertiary alicyclic amines) is 1. The molecule has 2 amide bonds. The van der Waals surface area contributed by atoms with Gasteiger partial charge in [-0.1, -0.05) is 18.2 Å². The number of ether oxygens (including phenoxy) is 2. The fourth-order valence-electron chi connectivity index (χ4n) is 5.56. The second-order valence-corrected chi connectivity index (χ2v) is 9.09. The van der Waals surface area contributed by atoms with Crippen LogP contribution in [-0.2, 0) is 31.1 Å². The Kier molecular flexibility index (Phi) is 5.63. The largest absolute Gasteiger partial charge is 0.507 e.